The van der Waals surface area contributed by atoms with Crippen LogP contribution in [0.5, 0.6) is 0 Å². The van der Waals surface area contributed by atoms with Crippen molar-refractivity contribution in [2.75, 3.05) is 23.7 Å². The molecule has 25 heavy (non-hydrogen) atoms. The zero-order valence-electron chi connectivity index (χ0n) is 14.3. The summed E-state index contributed by atoms with van der Waals surface area (Å²) in [5.74, 6) is 0.739. The normalized spacial score (nSPS) is 14.8. The first-order chi connectivity index (χ1) is 12.1. The first kappa shape index (κ1) is 17.5. The molecule has 0 aliphatic carbocycles. The lowest BCUT2D eigenvalue weighted by Gasteiger charge is -2.28. The Labute approximate surface area is 152 Å². The zero-order valence-corrected chi connectivity index (χ0v) is 15.1. The van der Waals surface area contributed by atoms with E-state index in [1.807, 2.05) is 42.5 Å². The van der Waals surface area contributed by atoms with Crippen LogP contribution in [0.15, 0.2) is 59.5 Å². The average Bonchev–Trinajstić information content (AvgIpc) is 2.66. The number of amides is 2. The number of hydrogen-bond donors (Lipinski definition) is 1. The molecular weight excluding hydrogens is 332 g/mol. The van der Waals surface area contributed by atoms with Crippen LogP contribution in [0.4, 0.5) is 5.69 Å². The van der Waals surface area contributed by atoms with Crippen molar-refractivity contribution in [3.8, 4) is 0 Å². The van der Waals surface area contributed by atoms with E-state index in [9.17, 15) is 9.59 Å². The smallest absolute Gasteiger partial charge is 0.237 e. The Bertz CT molecular complexity index is 748. The highest BCUT2D eigenvalue weighted by molar-refractivity contribution is 8.00. The molecular formula is C20H22N2O2S. The third-order valence-corrected chi connectivity index (χ3v) is 5.39. The Morgan fingerprint density at radius 3 is 2.68 bits per heavy atom. The molecule has 1 atom stereocenters. The number of carbonyl (C=O) groups is 2. The summed E-state index contributed by atoms with van der Waals surface area (Å²) in [4.78, 5) is 27.2. The minimum absolute atomic E-state index is 0.0220. The number of carbonyl (C=O) groups excluding carboxylic acids is 2. The molecule has 0 spiro atoms. The molecule has 3 rings (SSSR count). The van der Waals surface area contributed by atoms with Crippen LogP contribution in [0.1, 0.15) is 24.8 Å². The second-order valence-corrected chi connectivity index (χ2v) is 7.18. The minimum Gasteiger partial charge on any atom is -0.355 e. The number of rotatable bonds is 6. The fraction of sp³-hybridized carbons (Fsp3) is 0.300. The first-order valence-corrected chi connectivity index (χ1v) is 9.47. The maximum Gasteiger partial charge on any atom is 0.237 e. The summed E-state index contributed by atoms with van der Waals surface area (Å²) in [6, 6.07) is 18.0. The van der Waals surface area contributed by atoms with Crippen LogP contribution in [0.2, 0.25) is 0 Å². The molecule has 1 aliphatic heterocycles. The van der Waals surface area contributed by atoms with Gasteiger partial charge in [0.25, 0.3) is 0 Å². The van der Waals surface area contributed by atoms with Crippen molar-refractivity contribution in [3.05, 3.63) is 60.2 Å². The Morgan fingerprint density at radius 1 is 1.16 bits per heavy atom. The summed E-state index contributed by atoms with van der Waals surface area (Å²) >= 11 is 1.55. The van der Waals surface area contributed by atoms with Crippen LogP contribution in [-0.2, 0) is 9.59 Å². The quantitative estimate of drug-likeness (QED) is 0.864. The van der Waals surface area contributed by atoms with Crippen molar-refractivity contribution < 1.29 is 9.59 Å². The van der Waals surface area contributed by atoms with Crippen LogP contribution in [0, 0.1) is 0 Å². The number of para-hydroxylation sites is 1. The van der Waals surface area contributed by atoms with E-state index in [4.69, 9.17) is 0 Å². The summed E-state index contributed by atoms with van der Waals surface area (Å²) in [6.45, 7) is 3.11. The van der Waals surface area contributed by atoms with Gasteiger partial charge in [0.1, 0.15) is 0 Å². The van der Waals surface area contributed by atoms with E-state index in [1.165, 1.54) is 5.56 Å². The summed E-state index contributed by atoms with van der Waals surface area (Å²) in [7, 11) is 0. The lowest BCUT2D eigenvalue weighted by Crippen LogP contribution is -2.38. The molecule has 0 saturated heterocycles. The highest BCUT2D eigenvalue weighted by atomic mass is 32.2. The number of benzene rings is 2. The largest absolute Gasteiger partial charge is 0.355 e. The SMILES string of the molecule is C[C@@H](CNC(=O)CCN1C(=O)CSc2ccccc21)c1ccccc1. The van der Waals surface area contributed by atoms with Crippen LogP contribution in [-0.4, -0.2) is 30.7 Å². The van der Waals surface area contributed by atoms with E-state index < -0.39 is 0 Å². The minimum atomic E-state index is -0.0220. The molecule has 1 heterocycles. The maximum atomic E-state index is 12.2. The average molecular weight is 354 g/mol. The van der Waals surface area contributed by atoms with Crippen molar-refractivity contribution >= 4 is 29.3 Å². The van der Waals surface area contributed by atoms with Crippen molar-refractivity contribution in [3.63, 3.8) is 0 Å². The van der Waals surface area contributed by atoms with E-state index in [-0.39, 0.29) is 17.7 Å². The van der Waals surface area contributed by atoms with Gasteiger partial charge in [-0.05, 0) is 23.6 Å². The van der Waals surface area contributed by atoms with E-state index in [1.54, 1.807) is 16.7 Å². The van der Waals surface area contributed by atoms with Gasteiger partial charge >= 0.3 is 0 Å². The molecule has 2 aromatic rings. The zero-order chi connectivity index (χ0) is 17.6. The summed E-state index contributed by atoms with van der Waals surface area (Å²) in [6.07, 6.45) is 0.312. The Balaban J connectivity index is 1.52. The van der Waals surface area contributed by atoms with Gasteiger partial charge in [-0.15, -0.1) is 11.8 Å². The lowest BCUT2D eigenvalue weighted by atomic mass is 10.0. The van der Waals surface area contributed by atoms with Gasteiger partial charge in [0.2, 0.25) is 11.8 Å². The Kier molecular flexibility index (Phi) is 5.76. The van der Waals surface area contributed by atoms with Gasteiger partial charge in [-0.3, -0.25) is 9.59 Å². The molecule has 0 bridgehead atoms. The van der Waals surface area contributed by atoms with Gasteiger partial charge in [-0.1, -0.05) is 49.4 Å². The van der Waals surface area contributed by atoms with Gasteiger partial charge in [-0.2, -0.15) is 0 Å². The third-order valence-electron chi connectivity index (χ3n) is 4.34. The molecule has 1 aliphatic rings. The second kappa shape index (κ2) is 8.21. The predicted octanol–water partition coefficient (Wildman–Crippen LogP) is 3.44. The van der Waals surface area contributed by atoms with Crippen molar-refractivity contribution in [2.45, 2.75) is 24.2 Å². The van der Waals surface area contributed by atoms with Crippen molar-refractivity contribution in [1.82, 2.24) is 5.32 Å². The molecule has 5 heteroatoms. The fourth-order valence-corrected chi connectivity index (χ4v) is 3.80. The standard InChI is InChI=1S/C20H22N2O2S/c1-15(16-7-3-2-4-8-16)13-21-19(23)11-12-22-17-9-5-6-10-18(17)25-14-20(22)24/h2-10,15H,11-14H2,1H3,(H,21,23)/t15-/m0/s1. The highest BCUT2D eigenvalue weighted by Crippen LogP contribution is 2.34. The van der Waals surface area contributed by atoms with E-state index >= 15 is 0 Å². The molecule has 2 aromatic carbocycles. The lowest BCUT2D eigenvalue weighted by molar-refractivity contribution is -0.121. The predicted molar refractivity (Wildman–Crippen MR) is 102 cm³/mol. The Hall–Kier alpha value is -2.27. The van der Waals surface area contributed by atoms with Gasteiger partial charge in [-0.25, -0.2) is 0 Å². The van der Waals surface area contributed by atoms with Crippen LogP contribution < -0.4 is 10.2 Å². The van der Waals surface area contributed by atoms with Gasteiger partial charge in [0, 0.05) is 24.4 Å². The molecule has 0 radical (unpaired) electrons. The molecule has 130 valence electrons. The molecule has 0 fully saturated rings. The maximum absolute atomic E-state index is 12.2. The number of anilines is 1. The van der Waals surface area contributed by atoms with E-state index in [0.717, 1.165) is 10.6 Å². The van der Waals surface area contributed by atoms with Gasteiger partial charge in [0.05, 0.1) is 11.4 Å². The second-order valence-electron chi connectivity index (χ2n) is 6.17. The molecule has 2 amide bonds. The topological polar surface area (TPSA) is 49.4 Å². The van der Waals surface area contributed by atoms with E-state index in [0.29, 0.717) is 25.3 Å². The molecule has 0 unspecified atom stereocenters. The summed E-state index contributed by atoms with van der Waals surface area (Å²) in [5, 5.41) is 2.98. The third kappa shape index (κ3) is 4.42. The molecule has 0 aromatic heterocycles. The molecule has 1 N–H and O–H groups in total. The van der Waals surface area contributed by atoms with Gasteiger partial charge < -0.3 is 10.2 Å². The molecule has 4 nitrogen and oxygen atoms in total. The van der Waals surface area contributed by atoms with Crippen molar-refractivity contribution in [2.24, 2.45) is 0 Å². The van der Waals surface area contributed by atoms with Crippen LogP contribution in [0.3, 0.4) is 0 Å². The van der Waals surface area contributed by atoms with Gasteiger partial charge in [0.15, 0.2) is 0 Å². The summed E-state index contributed by atoms with van der Waals surface area (Å²) < 4.78 is 0. The van der Waals surface area contributed by atoms with Crippen molar-refractivity contribution in [1.29, 1.82) is 0 Å². The van der Waals surface area contributed by atoms with Crippen LogP contribution >= 0.6 is 11.8 Å². The number of nitrogens with one attached hydrogen (secondary N) is 1. The summed E-state index contributed by atoms with van der Waals surface area (Å²) in [5.41, 5.74) is 2.12. The monoisotopic (exact) mass is 354 g/mol. The molecule has 0 saturated carbocycles. The van der Waals surface area contributed by atoms with Crippen LogP contribution in [0.25, 0.3) is 0 Å². The number of fused-ring (bicyclic) bond motifs is 1. The fourth-order valence-electron chi connectivity index (χ4n) is 2.87. The Morgan fingerprint density at radius 2 is 1.88 bits per heavy atom. The number of nitrogens with zero attached hydrogens (tertiary/aromatic N) is 1. The highest BCUT2D eigenvalue weighted by Gasteiger charge is 2.24. The van der Waals surface area contributed by atoms with E-state index in [2.05, 4.69) is 24.4 Å². The first-order valence-electron chi connectivity index (χ1n) is 8.49. The number of thioether (sulfide) groups is 1. The number of hydrogen-bond acceptors (Lipinski definition) is 3.